The summed E-state index contributed by atoms with van der Waals surface area (Å²) in [6.45, 7) is 2.33. The van der Waals surface area contributed by atoms with Gasteiger partial charge in [-0.3, -0.25) is 18.6 Å². The molecular weight excluding hydrogens is 719 g/mol. The summed E-state index contributed by atoms with van der Waals surface area (Å²) in [5, 5.41) is 18.3. The first-order valence-corrected chi connectivity index (χ1v) is 23.4. The second-order valence-corrected chi connectivity index (χ2v) is 16.2. The predicted octanol–water partition coefficient (Wildman–Crippen LogP) is 11.6. The Hall–Kier alpha value is -1.81. The Kier molecular flexibility index (Phi) is 39.1. The normalized spacial score (nSPS) is 14.2. The smallest absolute Gasteiger partial charge is 0.462 e. The second kappa shape index (κ2) is 40.4. The highest BCUT2D eigenvalue weighted by Crippen LogP contribution is 2.43. The summed E-state index contributed by atoms with van der Waals surface area (Å²) < 4.78 is 32.7. The number of aliphatic hydroxyl groups is 2. The van der Waals surface area contributed by atoms with Crippen LogP contribution in [0.5, 0.6) is 0 Å². The van der Waals surface area contributed by atoms with Crippen molar-refractivity contribution in [2.45, 2.75) is 206 Å². The molecule has 0 aliphatic heterocycles. The van der Waals surface area contributed by atoms with Crippen molar-refractivity contribution in [3.05, 3.63) is 36.5 Å². The van der Waals surface area contributed by atoms with Crippen LogP contribution < -0.4 is 0 Å². The van der Waals surface area contributed by atoms with Crippen molar-refractivity contribution in [2.24, 2.45) is 0 Å². The predicted molar refractivity (Wildman–Crippen MR) is 224 cm³/mol. The van der Waals surface area contributed by atoms with Crippen molar-refractivity contribution >= 4 is 19.8 Å². The number of esters is 2. The highest BCUT2D eigenvalue weighted by Gasteiger charge is 2.27. The molecule has 0 saturated heterocycles. The Morgan fingerprint density at radius 1 is 0.545 bits per heavy atom. The van der Waals surface area contributed by atoms with Crippen LogP contribution in [-0.2, 0) is 32.7 Å². The van der Waals surface area contributed by atoms with Gasteiger partial charge in [-0.15, -0.1) is 0 Å². The first kappa shape index (κ1) is 53.2. The van der Waals surface area contributed by atoms with Gasteiger partial charge in [0.15, 0.2) is 6.10 Å². The molecule has 0 fully saturated rings. The van der Waals surface area contributed by atoms with E-state index in [4.69, 9.17) is 19.1 Å². The van der Waals surface area contributed by atoms with Crippen molar-refractivity contribution in [3.63, 3.8) is 0 Å². The maximum Gasteiger partial charge on any atom is 0.472 e. The largest absolute Gasteiger partial charge is 0.472 e. The van der Waals surface area contributed by atoms with Crippen LogP contribution in [0.1, 0.15) is 194 Å². The summed E-state index contributed by atoms with van der Waals surface area (Å²) in [5.74, 6) is -0.944. The molecular formula is C44H81O10P. The number of phosphoric ester groups is 1. The van der Waals surface area contributed by atoms with E-state index in [1.54, 1.807) is 0 Å². The summed E-state index contributed by atoms with van der Waals surface area (Å²) in [7, 11) is -4.62. The molecule has 0 rings (SSSR count). The minimum Gasteiger partial charge on any atom is -0.462 e. The third-order valence-corrected chi connectivity index (χ3v) is 10.2. The monoisotopic (exact) mass is 801 g/mol. The van der Waals surface area contributed by atoms with Crippen molar-refractivity contribution < 1.29 is 47.8 Å². The average molecular weight is 801 g/mol. The molecule has 11 heteroatoms. The van der Waals surface area contributed by atoms with Gasteiger partial charge in [-0.2, -0.15) is 0 Å². The van der Waals surface area contributed by atoms with Crippen LogP contribution in [0.3, 0.4) is 0 Å². The molecule has 0 aliphatic carbocycles. The molecule has 0 aliphatic rings. The van der Waals surface area contributed by atoms with Crippen LogP contribution in [0.4, 0.5) is 0 Å². The molecule has 10 nitrogen and oxygen atoms in total. The van der Waals surface area contributed by atoms with Crippen molar-refractivity contribution in [1.29, 1.82) is 0 Å². The van der Waals surface area contributed by atoms with E-state index < -0.39 is 51.8 Å². The van der Waals surface area contributed by atoms with Gasteiger partial charge in [0.05, 0.1) is 19.8 Å². The average Bonchev–Trinajstić information content (AvgIpc) is 3.17. The molecule has 0 radical (unpaired) electrons. The molecule has 0 aromatic rings. The molecule has 0 bridgehead atoms. The molecule has 0 spiro atoms. The van der Waals surface area contributed by atoms with E-state index in [2.05, 4.69) is 54.8 Å². The van der Waals surface area contributed by atoms with Crippen LogP contribution in [-0.4, -0.2) is 65.7 Å². The van der Waals surface area contributed by atoms with Gasteiger partial charge < -0.3 is 24.6 Å². The van der Waals surface area contributed by atoms with E-state index in [1.807, 2.05) is 0 Å². The van der Waals surface area contributed by atoms with Gasteiger partial charge in [-0.1, -0.05) is 147 Å². The van der Waals surface area contributed by atoms with Crippen molar-refractivity contribution in [1.82, 2.24) is 0 Å². The molecule has 0 saturated carbocycles. The first-order valence-electron chi connectivity index (χ1n) is 21.9. The number of phosphoric acid groups is 1. The van der Waals surface area contributed by atoms with Crippen LogP contribution >= 0.6 is 7.82 Å². The van der Waals surface area contributed by atoms with Gasteiger partial charge in [0.2, 0.25) is 0 Å². The zero-order valence-corrected chi connectivity index (χ0v) is 35.8. The summed E-state index contributed by atoms with van der Waals surface area (Å²) >= 11 is 0. The first-order chi connectivity index (χ1) is 26.7. The lowest BCUT2D eigenvalue weighted by molar-refractivity contribution is -0.161. The van der Waals surface area contributed by atoms with Gasteiger partial charge in [0.25, 0.3) is 0 Å². The Balaban J connectivity index is 4.31. The fourth-order valence-corrected chi connectivity index (χ4v) is 6.63. The number of carbonyl (C=O) groups excluding carboxylic acids is 2. The van der Waals surface area contributed by atoms with Crippen LogP contribution in [0, 0.1) is 0 Å². The number of carbonyl (C=O) groups is 2. The van der Waals surface area contributed by atoms with Gasteiger partial charge >= 0.3 is 19.8 Å². The van der Waals surface area contributed by atoms with Gasteiger partial charge in [-0.25, -0.2) is 4.57 Å². The van der Waals surface area contributed by atoms with Crippen LogP contribution in [0.25, 0.3) is 0 Å². The lowest BCUT2D eigenvalue weighted by Gasteiger charge is -2.20. The maximum atomic E-state index is 12.6. The van der Waals surface area contributed by atoms with Crippen LogP contribution in [0.2, 0.25) is 0 Å². The zero-order chi connectivity index (χ0) is 40.5. The van der Waals surface area contributed by atoms with Crippen molar-refractivity contribution in [2.75, 3.05) is 26.4 Å². The summed E-state index contributed by atoms with van der Waals surface area (Å²) in [6, 6.07) is 0. The van der Waals surface area contributed by atoms with E-state index in [0.29, 0.717) is 12.8 Å². The van der Waals surface area contributed by atoms with E-state index in [9.17, 15) is 24.2 Å². The van der Waals surface area contributed by atoms with E-state index in [0.717, 1.165) is 70.6 Å². The molecule has 3 N–H and O–H groups in total. The third-order valence-electron chi connectivity index (χ3n) is 9.27. The highest BCUT2D eigenvalue weighted by molar-refractivity contribution is 7.47. The van der Waals surface area contributed by atoms with Gasteiger partial charge in [-0.05, 0) is 70.6 Å². The number of aliphatic hydroxyl groups excluding tert-OH is 2. The van der Waals surface area contributed by atoms with Crippen LogP contribution in [0.15, 0.2) is 36.5 Å². The second-order valence-electron chi connectivity index (χ2n) is 14.7. The molecule has 0 aromatic heterocycles. The number of hydrogen-bond acceptors (Lipinski definition) is 9. The maximum absolute atomic E-state index is 12.6. The lowest BCUT2D eigenvalue weighted by Crippen LogP contribution is -2.29. The van der Waals surface area contributed by atoms with E-state index in [1.165, 1.54) is 83.5 Å². The van der Waals surface area contributed by atoms with E-state index >= 15 is 0 Å². The summed E-state index contributed by atoms with van der Waals surface area (Å²) in [5.41, 5.74) is 0. The standard InChI is InChI=1S/C44H81O10P/c1-3-5-7-9-11-13-15-17-19-20-22-24-26-28-30-32-34-36-44(48)54-42(40-53-55(49,50)52-38-41(46)37-45)39-51-43(47)35-33-31-29-27-25-23-21-18-16-14-12-10-8-6-4-2/h12,14,17-19,21,41-42,45-46H,3-11,13,15-16,20,22-40H2,1-2H3,(H,49,50)/b14-12+,19-17+,21-18+/t41-,42+/m0/s1. The number of allylic oxidation sites excluding steroid dienone is 6. The Bertz CT molecular complexity index is 1010. The highest BCUT2D eigenvalue weighted by atomic mass is 31.2. The Labute approximate surface area is 335 Å². The number of unbranched alkanes of at least 4 members (excludes halogenated alkanes) is 21. The minimum absolute atomic E-state index is 0.176. The third kappa shape index (κ3) is 40.2. The van der Waals surface area contributed by atoms with Gasteiger partial charge in [0, 0.05) is 12.8 Å². The lowest BCUT2D eigenvalue weighted by atomic mass is 10.1. The Morgan fingerprint density at radius 2 is 0.945 bits per heavy atom. The number of ether oxygens (including phenoxy) is 2. The quantitative estimate of drug-likeness (QED) is 0.0236. The number of hydrogen-bond donors (Lipinski definition) is 3. The molecule has 322 valence electrons. The molecule has 0 heterocycles. The fraction of sp³-hybridized carbons (Fsp3) is 0.818. The zero-order valence-electron chi connectivity index (χ0n) is 34.9. The summed E-state index contributed by atoms with van der Waals surface area (Å²) in [4.78, 5) is 35.0. The molecule has 55 heavy (non-hydrogen) atoms. The fourth-order valence-electron chi connectivity index (χ4n) is 5.84. The SMILES string of the molecule is CCCCC/C=C/C/C=C/CCCCCCCC(=O)OC[C@H](COP(=O)(O)OC[C@@H](O)CO)OC(=O)CCCCCCCCC/C=C/CCCCCCCC. The summed E-state index contributed by atoms with van der Waals surface area (Å²) in [6.07, 6.45) is 41.0. The van der Waals surface area contributed by atoms with Crippen molar-refractivity contribution in [3.8, 4) is 0 Å². The molecule has 0 amide bonds. The van der Waals surface area contributed by atoms with Gasteiger partial charge in [0.1, 0.15) is 12.7 Å². The molecule has 3 atom stereocenters. The topological polar surface area (TPSA) is 149 Å². The molecule has 1 unspecified atom stereocenters. The Morgan fingerprint density at radius 3 is 1.45 bits per heavy atom. The van der Waals surface area contributed by atoms with E-state index in [-0.39, 0.29) is 19.4 Å². The minimum atomic E-state index is -4.62. The molecule has 0 aromatic carbocycles. The number of rotatable bonds is 41.